The molecule has 0 spiro atoms. The van der Waals surface area contributed by atoms with Crippen LogP contribution in [0, 0.1) is 0 Å². The molecule has 0 aromatic heterocycles. The molecule has 0 saturated heterocycles. The molecule has 1 amide bonds. The van der Waals surface area contributed by atoms with Crippen molar-refractivity contribution in [3.63, 3.8) is 0 Å². The van der Waals surface area contributed by atoms with Gasteiger partial charge in [-0.25, -0.2) is 9.59 Å². The smallest absolute Gasteiger partial charge is 0.411 e. The number of hydrogen-bond acceptors (Lipinski definition) is 6. The van der Waals surface area contributed by atoms with Crippen molar-refractivity contribution >= 4 is 23.7 Å². The lowest BCUT2D eigenvalue weighted by molar-refractivity contribution is -0.142. The first-order valence-electron chi connectivity index (χ1n) is 11.1. The summed E-state index contributed by atoms with van der Waals surface area (Å²) in [5.74, 6) is -1.60. The van der Waals surface area contributed by atoms with Crippen LogP contribution in [0.3, 0.4) is 0 Å². The van der Waals surface area contributed by atoms with Crippen molar-refractivity contribution in [3.05, 3.63) is 89.0 Å². The molecule has 0 radical (unpaired) electrons. The van der Waals surface area contributed by atoms with E-state index in [2.05, 4.69) is 17.4 Å². The van der Waals surface area contributed by atoms with Crippen molar-refractivity contribution in [1.82, 2.24) is 0 Å². The van der Waals surface area contributed by atoms with Crippen LogP contribution < -0.4 is 5.32 Å². The van der Waals surface area contributed by atoms with Gasteiger partial charge in [0.25, 0.3) is 0 Å². The van der Waals surface area contributed by atoms with Gasteiger partial charge in [0.05, 0.1) is 20.1 Å². The minimum atomic E-state index is -1.09. The molecule has 4 rings (SSSR count). The number of carboxylic acids is 1. The van der Waals surface area contributed by atoms with E-state index in [1.807, 2.05) is 36.4 Å². The number of carbonyl (C=O) groups excluding carboxylic acids is 2. The van der Waals surface area contributed by atoms with Gasteiger partial charge in [0, 0.05) is 11.6 Å². The maximum absolute atomic E-state index is 12.7. The third-order valence-electron chi connectivity index (χ3n) is 5.71. The molecule has 2 N–H and O–H groups in total. The van der Waals surface area contributed by atoms with Gasteiger partial charge in [-0.2, -0.15) is 0 Å². The average molecular weight is 475 g/mol. The zero-order valence-corrected chi connectivity index (χ0v) is 19.2. The highest BCUT2D eigenvalue weighted by Crippen LogP contribution is 2.44. The SMILES string of the molecule is COC(=O)Cc1cc(COCC(=O)O)cc(NC(=O)OCC2c3ccccc3-c3ccccc32)c1. The van der Waals surface area contributed by atoms with Crippen LogP contribution in [0.25, 0.3) is 11.1 Å². The Morgan fingerprint density at radius 1 is 0.914 bits per heavy atom. The van der Waals surface area contributed by atoms with Crippen molar-refractivity contribution < 1.29 is 33.7 Å². The number of anilines is 1. The molecule has 0 heterocycles. The van der Waals surface area contributed by atoms with E-state index in [4.69, 9.17) is 19.3 Å². The van der Waals surface area contributed by atoms with Gasteiger partial charge >= 0.3 is 18.0 Å². The summed E-state index contributed by atoms with van der Waals surface area (Å²) in [4.78, 5) is 35.1. The summed E-state index contributed by atoms with van der Waals surface area (Å²) in [6.07, 6.45) is -0.651. The van der Waals surface area contributed by atoms with Crippen molar-refractivity contribution in [2.24, 2.45) is 0 Å². The molecular formula is C27H25NO7. The highest BCUT2D eigenvalue weighted by molar-refractivity contribution is 5.86. The van der Waals surface area contributed by atoms with Gasteiger partial charge in [-0.1, -0.05) is 54.6 Å². The number of carbonyl (C=O) groups is 3. The van der Waals surface area contributed by atoms with Gasteiger partial charge in [-0.3, -0.25) is 10.1 Å². The molecule has 1 aliphatic rings. The van der Waals surface area contributed by atoms with Crippen molar-refractivity contribution in [2.75, 3.05) is 25.6 Å². The van der Waals surface area contributed by atoms with Gasteiger partial charge in [-0.05, 0) is 45.5 Å². The van der Waals surface area contributed by atoms with Gasteiger partial charge in [0.1, 0.15) is 13.2 Å². The summed E-state index contributed by atoms with van der Waals surface area (Å²) >= 11 is 0. The zero-order valence-electron chi connectivity index (χ0n) is 19.2. The van der Waals surface area contributed by atoms with E-state index in [0.29, 0.717) is 16.8 Å². The number of ether oxygens (including phenoxy) is 3. The molecule has 0 saturated carbocycles. The van der Waals surface area contributed by atoms with Gasteiger partial charge in [-0.15, -0.1) is 0 Å². The van der Waals surface area contributed by atoms with E-state index < -0.39 is 24.6 Å². The van der Waals surface area contributed by atoms with E-state index in [9.17, 15) is 14.4 Å². The molecule has 1 aliphatic carbocycles. The number of fused-ring (bicyclic) bond motifs is 3. The number of amides is 1. The van der Waals surface area contributed by atoms with E-state index in [1.165, 1.54) is 7.11 Å². The number of benzene rings is 3. The second-order valence-corrected chi connectivity index (χ2v) is 8.13. The Hall–Kier alpha value is -4.17. The lowest BCUT2D eigenvalue weighted by atomic mass is 9.98. The molecule has 0 atom stereocenters. The Balaban J connectivity index is 1.46. The van der Waals surface area contributed by atoms with Gasteiger partial charge < -0.3 is 19.3 Å². The number of methoxy groups -OCH3 is 1. The molecule has 0 fully saturated rings. The molecule has 3 aromatic rings. The van der Waals surface area contributed by atoms with Crippen LogP contribution in [0.15, 0.2) is 66.7 Å². The summed E-state index contributed by atoms with van der Waals surface area (Å²) in [5.41, 5.74) is 6.08. The van der Waals surface area contributed by atoms with Crippen molar-refractivity contribution in [3.8, 4) is 11.1 Å². The molecular weight excluding hydrogens is 450 g/mol. The third kappa shape index (κ3) is 5.85. The number of esters is 1. The first-order valence-corrected chi connectivity index (χ1v) is 11.1. The molecule has 180 valence electrons. The van der Waals surface area contributed by atoms with Crippen LogP contribution in [0.2, 0.25) is 0 Å². The summed E-state index contributed by atoms with van der Waals surface area (Å²) in [5, 5.41) is 11.5. The maximum Gasteiger partial charge on any atom is 0.411 e. The lowest BCUT2D eigenvalue weighted by Gasteiger charge is -2.15. The quantitative estimate of drug-likeness (QED) is 0.442. The number of carboxylic acid groups (broad SMARTS) is 1. The Morgan fingerprint density at radius 3 is 2.17 bits per heavy atom. The Morgan fingerprint density at radius 2 is 1.54 bits per heavy atom. The standard InChI is InChI=1S/C27H25NO7/c1-33-26(31)13-17-10-18(14-34-16-25(29)30)12-19(11-17)28-27(32)35-15-24-22-8-4-2-6-20(22)21-7-3-5-9-23(21)24/h2-12,24H,13-16H2,1H3,(H,28,32)(H,29,30). The number of rotatable bonds is 9. The second-order valence-electron chi connectivity index (χ2n) is 8.13. The summed E-state index contributed by atoms with van der Waals surface area (Å²) in [7, 11) is 1.29. The molecule has 0 unspecified atom stereocenters. The summed E-state index contributed by atoms with van der Waals surface area (Å²) in [6, 6.07) is 21.1. The fraction of sp³-hybridized carbons (Fsp3) is 0.222. The molecule has 3 aromatic carbocycles. The molecule has 35 heavy (non-hydrogen) atoms. The Labute approximate surface area is 202 Å². The van der Waals surface area contributed by atoms with Crippen LogP contribution in [-0.2, 0) is 36.8 Å². The second kappa shape index (κ2) is 10.8. The topological polar surface area (TPSA) is 111 Å². The summed E-state index contributed by atoms with van der Waals surface area (Å²) < 4.78 is 15.5. The van der Waals surface area contributed by atoms with Crippen LogP contribution in [0.5, 0.6) is 0 Å². The average Bonchev–Trinajstić information content (AvgIpc) is 3.16. The van der Waals surface area contributed by atoms with Gasteiger partial charge in [0.2, 0.25) is 0 Å². The molecule has 8 heteroatoms. The van der Waals surface area contributed by atoms with Crippen LogP contribution in [0.1, 0.15) is 28.2 Å². The predicted octanol–water partition coefficient (Wildman–Crippen LogP) is 4.36. The fourth-order valence-electron chi connectivity index (χ4n) is 4.27. The molecule has 0 aliphatic heterocycles. The maximum atomic E-state index is 12.7. The van der Waals surface area contributed by atoms with Gasteiger partial charge in [0.15, 0.2) is 0 Å². The van der Waals surface area contributed by atoms with E-state index in [1.54, 1.807) is 18.2 Å². The molecule has 8 nitrogen and oxygen atoms in total. The highest BCUT2D eigenvalue weighted by Gasteiger charge is 2.29. The van der Waals surface area contributed by atoms with Crippen LogP contribution >= 0.6 is 0 Å². The molecule has 0 bridgehead atoms. The van der Waals surface area contributed by atoms with Crippen LogP contribution in [-0.4, -0.2) is 43.5 Å². The van der Waals surface area contributed by atoms with Crippen LogP contribution in [0.4, 0.5) is 10.5 Å². The first-order chi connectivity index (χ1) is 16.9. The number of aliphatic carboxylic acids is 1. The zero-order chi connectivity index (χ0) is 24.8. The van der Waals surface area contributed by atoms with Crippen molar-refractivity contribution in [1.29, 1.82) is 0 Å². The first kappa shape index (κ1) is 24.0. The number of hydrogen-bond donors (Lipinski definition) is 2. The highest BCUT2D eigenvalue weighted by atomic mass is 16.5. The Bertz CT molecular complexity index is 1210. The van der Waals surface area contributed by atoms with Crippen molar-refractivity contribution in [2.45, 2.75) is 18.9 Å². The Kier molecular flexibility index (Phi) is 7.42. The summed E-state index contributed by atoms with van der Waals surface area (Å²) in [6.45, 7) is -0.298. The monoisotopic (exact) mass is 475 g/mol. The predicted molar refractivity (Wildman–Crippen MR) is 128 cm³/mol. The minimum Gasteiger partial charge on any atom is -0.480 e. The lowest BCUT2D eigenvalue weighted by Crippen LogP contribution is -2.18. The van der Waals surface area contributed by atoms with E-state index >= 15 is 0 Å². The normalized spacial score (nSPS) is 11.9. The fourth-order valence-corrected chi connectivity index (χ4v) is 4.27. The van der Waals surface area contributed by atoms with E-state index in [-0.39, 0.29) is 25.6 Å². The largest absolute Gasteiger partial charge is 0.480 e. The third-order valence-corrected chi connectivity index (χ3v) is 5.71. The van der Waals surface area contributed by atoms with E-state index in [0.717, 1.165) is 22.3 Å². The number of nitrogens with one attached hydrogen (secondary N) is 1. The minimum absolute atomic E-state index is 0.000677.